The first-order valence-electron chi connectivity index (χ1n) is 1.87. The summed E-state index contributed by atoms with van der Waals surface area (Å²) in [5.74, 6) is 0.549. The molecule has 1 N–H and O–H groups in total. The van der Waals surface area contributed by atoms with Crippen molar-refractivity contribution in [1.29, 1.82) is 0 Å². The number of thiol groups is 1. The van der Waals surface area contributed by atoms with E-state index in [4.69, 9.17) is 0 Å². The zero-order valence-electron chi connectivity index (χ0n) is 3.79. The van der Waals surface area contributed by atoms with E-state index in [1.807, 2.05) is 0 Å². The Bertz CT molecular complexity index is 56.9. The molecule has 0 bridgehead atoms. The van der Waals surface area contributed by atoms with Gasteiger partial charge in [-0.25, -0.2) is 0 Å². The largest absolute Gasteiger partial charge is 0.302 e. The molecule has 4 heteroatoms. The van der Waals surface area contributed by atoms with Crippen molar-refractivity contribution >= 4 is 28.3 Å². The van der Waals surface area contributed by atoms with Crippen LogP contribution in [-0.4, -0.2) is 18.1 Å². The molecule has 42 valence electrons. The zero-order valence-corrected chi connectivity index (χ0v) is 5.84. The predicted molar refractivity (Wildman–Crippen MR) is 36.6 cm³/mol. The van der Waals surface area contributed by atoms with Crippen LogP contribution in [0.1, 0.15) is 0 Å². The molecule has 2 atom stereocenters. The number of nitrogens with one attached hydrogen (secondary N) is 1. The average molecular weight is 137 g/mol. The average Bonchev–Trinajstić information content (AvgIpc) is 1.72. The first-order valence-corrected chi connectivity index (χ1v) is 3.08. The molecule has 0 radical (unpaired) electrons. The Hall–Kier alpha value is 0.410. The fourth-order valence-corrected chi connectivity index (χ4v) is 0.721. The van der Waals surface area contributed by atoms with Gasteiger partial charge >= 0.3 is 0 Å². The summed E-state index contributed by atoms with van der Waals surface area (Å²) in [7, 11) is 2.25. The van der Waals surface area contributed by atoms with Crippen LogP contribution in [-0.2, 0) is 4.79 Å². The lowest BCUT2D eigenvalue weighted by molar-refractivity contribution is -0.108. The first-order chi connectivity index (χ1) is 3.35. The lowest BCUT2D eigenvalue weighted by atomic mass is 10.4. The molecule has 2 nitrogen and oxygen atoms in total. The molecule has 0 aliphatic carbocycles. The fraction of sp³-hybridized carbons (Fsp3) is 0.667. The van der Waals surface area contributed by atoms with Crippen molar-refractivity contribution in [3.8, 4) is 0 Å². The molecule has 0 aromatic heterocycles. The molecule has 0 spiro atoms. The van der Waals surface area contributed by atoms with Crippen molar-refractivity contribution in [1.82, 2.24) is 5.09 Å². The number of carbonyl (C=O) groups excluding carboxylic acids is 1. The molecule has 0 amide bonds. The molecule has 0 saturated heterocycles. The normalized spacial score (nSPS) is 13.4. The predicted octanol–water partition coefficient (Wildman–Crippen LogP) is -0.137. The van der Waals surface area contributed by atoms with E-state index in [0.717, 1.165) is 6.29 Å². The minimum atomic E-state index is -0.117. The molecule has 0 heterocycles. The maximum absolute atomic E-state index is 9.84. The molecule has 0 rings (SSSR count). The minimum absolute atomic E-state index is 0.117. The Labute approximate surface area is 50.7 Å². The molecule has 7 heavy (non-hydrogen) atoms. The fourth-order valence-electron chi connectivity index (χ4n) is 0.135. The van der Waals surface area contributed by atoms with Crippen LogP contribution in [0.5, 0.6) is 0 Å². The molecule has 0 aliphatic rings. The maximum Gasteiger partial charge on any atom is 0.138 e. The molecule has 0 aromatic carbocycles. The van der Waals surface area contributed by atoms with E-state index in [1.54, 1.807) is 0 Å². The van der Waals surface area contributed by atoms with Crippen molar-refractivity contribution in [3.05, 3.63) is 0 Å². The molecule has 0 saturated carbocycles. The van der Waals surface area contributed by atoms with E-state index in [1.165, 1.54) is 0 Å². The first kappa shape index (κ1) is 7.41. The smallest absolute Gasteiger partial charge is 0.138 e. The van der Waals surface area contributed by atoms with E-state index in [9.17, 15) is 4.79 Å². The van der Waals surface area contributed by atoms with E-state index >= 15 is 0 Å². The molecule has 0 aliphatic heterocycles. The van der Waals surface area contributed by atoms with Gasteiger partial charge in [0.2, 0.25) is 0 Å². The van der Waals surface area contributed by atoms with Gasteiger partial charge in [0.15, 0.2) is 0 Å². The van der Waals surface area contributed by atoms with Gasteiger partial charge in [-0.15, -0.1) is 0 Å². The highest BCUT2D eigenvalue weighted by Crippen LogP contribution is 1.84. The van der Waals surface area contributed by atoms with Gasteiger partial charge in [-0.1, -0.05) is 9.39 Å². The second kappa shape index (κ2) is 4.57. The summed E-state index contributed by atoms with van der Waals surface area (Å²) < 4.78 is 0. The van der Waals surface area contributed by atoms with Gasteiger partial charge in [0.1, 0.15) is 6.29 Å². The van der Waals surface area contributed by atoms with Crippen LogP contribution < -0.4 is 5.09 Å². The van der Waals surface area contributed by atoms with Crippen molar-refractivity contribution in [2.24, 2.45) is 0 Å². The number of carbonyl (C=O) groups is 1. The highest BCUT2D eigenvalue weighted by atomic mass is 32.1. The third-order valence-corrected chi connectivity index (χ3v) is 1.40. The topological polar surface area (TPSA) is 29.1 Å². The van der Waals surface area contributed by atoms with Crippen molar-refractivity contribution < 1.29 is 4.79 Å². The van der Waals surface area contributed by atoms with Crippen LogP contribution in [0.3, 0.4) is 0 Å². The van der Waals surface area contributed by atoms with E-state index in [0.29, 0.717) is 5.75 Å². The van der Waals surface area contributed by atoms with Crippen LogP contribution in [0, 0.1) is 0 Å². The minimum Gasteiger partial charge on any atom is -0.302 e. The number of rotatable bonds is 3. The summed E-state index contributed by atoms with van der Waals surface area (Å²) in [6, 6.07) is -0.117. The van der Waals surface area contributed by atoms with Gasteiger partial charge < -0.3 is 4.79 Å². The molecular weight excluding hydrogens is 129 g/mol. The molecule has 0 aromatic rings. The maximum atomic E-state index is 9.84. The Morgan fingerprint density at radius 2 is 2.57 bits per heavy atom. The molecular formula is C3H8NOPS. The van der Waals surface area contributed by atoms with Crippen LogP contribution in [0.25, 0.3) is 0 Å². The van der Waals surface area contributed by atoms with Gasteiger partial charge in [-0.2, -0.15) is 12.6 Å². The lowest BCUT2D eigenvalue weighted by Gasteiger charge is -2.00. The third kappa shape index (κ3) is 3.03. The van der Waals surface area contributed by atoms with Gasteiger partial charge in [0.05, 0.1) is 6.04 Å². The molecule has 0 fully saturated rings. The van der Waals surface area contributed by atoms with Crippen molar-refractivity contribution in [2.45, 2.75) is 6.04 Å². The van der Waals surface area contributed by atoms with Gasteiger partial charge in [-0.05, 0) is 0 Å². The van der Waals surface area contributed by atoms with Gasteiger partial charge in [0, 0.05) is 5.75 Å². The SMILES string of the molecule is O=CC(CS)NP. The summed E-state index contributed by atoms with van der Waals surface area (Å²) in [4.78, 5) is 9.84. The Morgan fingerprint density at radius 1 is 2.00 bits per heavy atom. The van der Waals surface area contributed by atoms with Crippen LogP contribution in [0.2, 0.25) is 0 Å². The second-order valence-corrected chi connectivity index (χ2v) is 1.79. The van der Waals surface area contributed by atoms with Crippen molar-refractivity contribution in [3.63, 3.8) is 0 Å². The monoisotopic (exact) mass is 137 g/mol. The standard InChI is InChI=1S/C3H8NOPS/c5-1-3(2-7)4-6/h1,3-4,7H,2,6H2. The number of hydrogen-bond donors (Lipinski definition) is 2. The highest BCUT2D eigenvalue weighted by molar-refractivity contribution is 7.80. The van der Waals surface area contributed by atoms with E-state index in [-0.39, 0.29) is 6.04 Å². The summed E-state index contributed by atoms with van der Waals surface area (Å²) in [6.45, 7) is 0. The van der Waals surface area contributed by atoms with Gasteiger partial charge in [-0.3, -0.25) is 5.09 Å². The highest BCUT2D eigenvalue weighted by Gasteiger charge is 1.96. The Balaban J connectivity index is 3.16. The zero-order chi connectivity index (χ0) is 5.70. The molecule has 2 unspecified atom stereocenters. The number of aldehydes is 1. The summed E-state index contributed by atoms with van der Waals surface area (Å²) in [5, 5.41) is 2.67. The summed E-state index contributed by atoms with van der Waals surface area (Å²) >= 11 is 3.87. The second-order valence-electron chi connectivity index (χ2n) is 1.09. The van der Waals surface area contributed by atoms with Crippen molar-refractivity contribution in [2.75, 3.05) is 5.75 Å². The third-order valence-electron chi connectivity index (χ3n) is 0.575. The Kier molecular flexibility index (Phi) is 4.83. The van der Waals surface area contributed by atoms with Crippen LogP contribution >= 0.6 is 22.0 Å². The number of hydrogen-bond acceptors (Lipinski definition) is 3. The van der Waals surface area contributed by atoms with E-state index in [2.05, 4.69) is 27.1 Å². The van der Waals surface area contributed by atoms with Crippen LogP contribution in [0.15, 0.2) is 0 Å². The quantitative estimate of drug-likeness (QED) is 0.322. The van der Waals surface area contributed by atoms with Gasteiger partial charge in [0.25, 0.3) is 0 Å². The Morgan fingerprint density at radius 3 is 2.57 bits per heavy atom. The summed E-state index contributed by atoms with van der Waals surface area (Å²) in [5.41, 5.74) is 0. The van der Waals surface area contributed by atoms with Crippen LogP contribution in [0.4, 0.5) is 0 Å². The van der Waals surface area contributed by atoms with E-state index < -0.39 is 0 Å². The lowest BCUT2D eigenvalue weighted by Crippen LogP contribution is -2.23. The summed E-state index contributed by atoms with van der Waals surface area (Å²) in [6.07, 6.45) is 0.819.